The molecule has 0 fully saturated rings. The highest BCUT2D eigenvalue weighted by molar-refractivity contribution is 5.27. The minimum absolute atomic E-state index is 0.238. The summed E-state index contributed by atoms with van der Waals surface area (Å²) in [5, 5.41) is 0. The van der Waals surface area contributed by atoms with E-state index in [1.807, 2.05) is 0 Å². The van der Waals surface area contributed by atoms with E-state index in [1.54, 1.807) is 33.3 Å². The fourth-order valence-electron chi connectivity index (χ4n) is 1.74. The van der Waals surface area contributed by atoms with Crippen molar-refractivity contribution >= 4 is 0 Å². The average molecular weight is 227 g/mol. The van der Waals surface area contributed by atoms with E-state index in [2.05, 4.69) is 0 Å². The normalized spacial score (nSPS) is 11.8. The number of halogens is 1. The van der Waals surface area contributed by atoms with Crippen LogP contribution in [0.25, 0.3) is 0 Å². The van der Waals surface area contributed by atoms with Crippen LogP contribution in [0.15, 0.2) is 18.2 Å². The zero-order valence-corrected chi connectivity index (χ0v) is 9.92. The lowest BCUT2D eigenvalue weighted by atomic mass is 10.00. The molecule has 0 aromatic heterocycles. The van der Waals surface area contributed by atoms with E-state index in [9.17, 15) is 4.39 Å². The first kappa shape index (κ1) is 13.1. The zero-order valence-electron chi connectivity index (χ0n) is 9.92. The Kier molecular flexibility index (Phi) is 4.41. The van der Waals surface area contributed by atoms with Gasteiger partial charge in [-0.15, -0.1) is 0 Å². The van der Waals surface area contributed by atoms with Crippen molar-refractivity contribution in [3.63, 3.8) is 0 Å². The van der Waals surface area contributed by atoms with Crippen LogP contribution in [-0.4, -0.2) is 20.8 Å². The number of aryl methyl sites for hydroxylation is 1. The first-order chi connectivity index (χ1) is 7.59. The lowest BCUT2D eigenvalue weighted by molar-refractivity contribution is -0.218. The molecule has 0 aliphatic heterocycles. The monoisotopic (exact) mass is 227 g/mol. The van der Waals surface area contributed by atoms with Crippen molar-refractivity contribution < 1.29 is 13.9 Å². The standard InChI is InChI=1S/C12H18FNO2/c1-9-8-10(4-5-11(9)13)12(15-2,16-3)6-7-14/h4-5,8H,6-7,14H2,1-3H3. The molecule has 4 heteroatoms. The van der Waals surface area contributed by atoms with Crippen LogP contribution >= 0.6 is 0 Å². The molecule has 1 aromatic rings. The second-order valence-electron chi connectivity index (χ2n) is 3.66. The van der Waals surface area contributed by atoms with Gasteiger partial charge in [-0.3, -0.25) is 0 Å². The van der Waals surface area contributed by atoms with E-state index < -0.39 is 5.79 Å². The molecule has 90 valence electrons. The zero-order chi connectivity index (χ0) is 12.2. The Morgan fingerprint density at radius 2 is 1.94 bits per heavy atom. The maximum atomic E-state index is 13.2. The number of hydrogen-bond acceptors (Lipinski definition) is 3. The summed E-state index contributed by atoms with van der Waals surface area (Å²) < 4.78 is 23.9. The predicted molar refractivity (Wildman–Crippen MR) is 60.5 cm³/mol. The van der Waals surface area contributed by atoms with Gasteiger partial charge in [0.25, 0.3) is 0 Å². The van der Waals surface area contributed by atoms with E-state index in [0.717, 1.165) is 5.56 Å². The largest absolute Gasteiger partial charge is 0.349 e. The summed E-state index contributed by atoms with van der Waals surface area (Å²) in [6, 6.07) is 4.79. The van der Waals surface area contributed by atoms with E-state index in [-0.39, 0.29) is 5.82 Å². The molecule has 0 bridgehead atoms. The molecule has 16 heavy (non-hydrogen) atoms. The molecule has 0 radical (unpaired) electrons. The van der Waals surface area contributed by atoms with Gasteiger partial charge in [-0.1, -0.05) is 6.07 Å². The van der Waals surface area contributed by atoms with E-state index >= 15 is 0 Å². The molecule has 0 amide bonds. The van der Waals surface area contributed by atoms with Gasteiger partial charge >= 0.3 is 0 Å². The van der Waals surface area contributed by atoms with Gasteiger partial charge in [0.2, 0.25) is 0 Å². The summed E-state index contributed by atoms with van der Waals surface area (Å²) in [6.07, 6.45) is 0.519. The van der Waals surface area contributed by atoms with Crippen LogP contribution in [0.3, 0.4) is 0 Å². The predicted octanol–water partition coefficient (Wildman–Crippen LogP) is 1.93. The Balaban J connectivity index is 3.14. The van der Waals surface area contributed by atoms with Gasteiger partial charge < -0.3 is 15.2 Å². The molecule has 0 saturated heterocycles. The van der Waals surface area contributed by atoms with Gasteiger partial charge in [-0.2, -0.15) is 0 Å². The third kappa shape index (κ3) is 2.40. The van der Waals surface area contributed by atoms with Gasteiger partial charge in [0.15, 0.2) is 5.79 Å². The Morgan fingerprint density at radius 3 is 2.38 bits per heavy atom. The fraction of sp³-hybridized carbons (Fsp3) is 0.500. The molecule has 2 N–H and O–H groups in total. The maximum absolute atomic E-state index is 13.2. The molecule has 0 saturated carbocycles. The van der Waals surface area contributed by atoms with Crippen molar-refractivity contribution in [2.24, 2.45) is 5.73 Å². The third-order valence-corrected chi connectivity index (χ3v) is 2.73. The number of benzene rings is 1. The molecule has 0 atom stereocenters. The van der Waals surface area contributed by atoms with Gasteiger partial charge in [-0.25, -0.2) is 4.39 Å². The molecule has 0 aliphatic carbocycles. The molecule has 0 unspecified atom stereocenters. The molecule has 1 rings (SSSR count). The first-order valence-corrected chi connectivity index (χ1v) is 5.16. The third-order valence-electron chi connectivity index (χ3n) is 2.73. The lowest BCUT2D eigenvalue weighted by Crippen LogP contribution is -2.33. The summed E-state index contributed by atoms with van der Waals surface area (Å²) in [5.74, 6) is -1.12. The van der Waals surface area contributed by atoms with Crippen LogP contribution in [0.5, 0.6) is 0 Å². The quantitative estimate of drug-likeness (QED) is 0.782. The van der Waals surface area contributed by atoms with Crippen LogP contribution in [0.1, 0.15) is 17.5 Å². The van der Waals surface area contributed by atoms with Crippen molar-refractivity contribution in [3.05, 3.63) is 35.1 Å². The fourth-order valence-corrected chi connectivity index (χ4v) is 1.74. The number of rotatable bonds is 5. The smallest absolute Gasteiger partial charge is 0.195 e. The highest BCUT2D eigenvalue weighted by atomic mass is 19.1. The van der Waals surface area contributed by atoms with E-state index in [1.165, 1.54) is 6.07 Å². The number of hydrogen-bond donors (Lipinski definition) is 1. The topological polar surface area (TPSA) is 44.5 Å². The molecular weight excluding hydrogens is 209 g/mol. The van der Waals surface area contributed by atoms with E-state index in [4.69, 9.17) is 15.2 Å². The Morgan fingerprint density at radius 1 is 1.31 bits per heavy atom. The minimum atomic E-state index is -0.882. The van der Waals surface area contributed by atoms with Gasteiger partial charge in [0.1, 0.15) is 5.82 Å². The lowest BCUT2D eigenvalue weighted by Gasteiger charge is -2.31. The van der Waals surface area contributed by atoms with Crippen LogP contribution in [-0.2, 0) is 15.3 Å². The molecule has 1 aromatic carbocycles. The minimum Gasteiger partial charge on any atom is -0.349 e. The summed E-state index contributed by atoms with van der Waals surface area (Å²) in [7, 11) is 3.11. The first-order valence-electron chi connectivity index (χ1n) is 5.16. The van der Waals surface area contributed by atoms with Crippen LogP contribution in [0.4, 0.5) is 4.39 Å². The second kappa shape index (κ2) is 5.39. The molecule has 3 nitrogen and oxygen atoms in total. The molecular formula is C12H18FNO2. The second-order valence-corrected chi connectivity index (χ2v) is 3.66. The van der Waals surface area contributed by atoms with Gasteiger partial charge in [-0.05, 0) is 31.2 Å². The number of ether oxygens (including phenoxy) is 2. The highest BCUT2D eigenvalue weighted by Crippen LogP contribution is 2.30. The highest BCUT2D eigenvalue weighted by Gasteiger charge is 2.31. The Labute approximate surface area is 95.4 Å². The molecule has 0 spiro atoms. The van der Waals surface area contributed by atoms with Gasteiger partial charge in [0, 0.05) is 26.2 Å². The van der Waals surface area contributed by atoms with Crippen LogP contribution in [0, 0.1) is 12.7 Å². The number of methoxy groups -OCH3 is 2. The summed E-state index contributed by atoms with van der Waals surface area (Å²) in [6.45, 7) is 2.13. The maximum Gasteiger partial charge on any atom is 0.195 e. The number of nitrogens with two attached hydrogens (primary N) is 1. The molecule has 0 aliphatic rings. The van der Waals surface area contributed by atoms with Crippen molar-refractivity contribution in [1.82, 2.24) is 0 Å². The summed E-state index contributed by atoms with van der Waals surface area (Å²) in [5.41, 5.74) is 6.88. The van der Waals surface area contributed by atoms with Crippen molar-refractivity contribution in [1.29, 1.82) is 0 Å². The van der Waals surface area contributed by atoms with E-state index in [0.29, 0.717) is 18.5 Å². The SMILES string of the molecule is COC(CCN)(OC)c1ccc(F)c(C)c1. The Bertz CT molecular complexity index is 351. The van der Waals surface area contributed by atoms with Crippen molar-refractivity contribution in [3.8, 4) is 0 Å². The van der Waals surface area contributed by atoms with Crippen molar-refractivity contribution in [2.45, 2.75) is 19.1 Å². The Hall–Kier alpha value is -0.970. The van der Waals surface area contributed by atoms with Crippen molar-refractivity contribution in [2.75, 3.05) is 20.8 Å². The summed E-state index contributed by atoms with van der Waals surface area (Å²) >= 11 is 0. The van der Waals surface area contributed by atoms with Crippen LogP contribution in [0.2, 0.25) is 0 Å². The average Bonchev–Trinajstić information content (AvgIpc) is 2.30. The summed E-state index contributed by atoms with van der Waals surface area (Å²) in [4.78, 5) is 0. The molecule has 0 heterocycles. The van der Waals surface area contributed by atoms with Crippen LogP contribution < -0.4 is 5.73 Å². The van der Waals surface area contributed by atoms with Gasteiger partial charge in [0.05, 0.1) is 0 Å².